The van der Waals surface area contributed by atoms with Crippen molar-refractivity contribution in [2.24, 2.45) is 11.7 Å². The highest BCUT2D eigenvalue weighted by Crippen LogP contribution is 2.23. The molecule has 0 aromatic heterocycles. The van der Waals surface area contributed by atoms with E-state index in [0.29, 0.717) is 38.1 Å². The Kier molecular flexibility index (Phi) is 5.22. The Hall–Kier alpha value is -2.56. The molecule has 0 saturated carbocycles. The van der Waals surface area contributed by atoms with Gasteiger partial charge in [-0.3, -0.25) is 9.59 Å². The zero-order chi connectivity index (χ0) is 17.8. The van der Waals surface area contributed by atoms with Gasteiger partial charge in [0.1, 0.15) is 5.75 Å². The number of rotatable bonds is 5. The Bertz CT molecular complexity index is 766. The molecule has 0 bridgehead atoms. The standard InChI is InChI=1S/C20H24N2O3/c1-2-18(20(24)22-11-9-15(10-12-22)19(21)23)25-17-8-7-14-5-3-4-6-16(14)13-17/h3-8,13,15,18H,2,9-12H2,1H3,(H2,21,23)/t18-/m1/s1. The normalized spacial score (nSPS) is 16.6. The quantitative estimate of drug-likeness (QED) is 0.909. The number of benzene rings is 2. The molecule has 1 atom stereocenters. The number of piperidine rings is 1. The lowest BCUT2D eigenvalue weighted by atomic mass is 9.96. The van der Waals surface area contributed by atoms with Crippen LogP contribution in [-0.4, -0.2) is 35.9 Å². The van der Waals surface area contributed by atoms with Crippen LogP contribution in [0.4, 0.5) is 0 Å². The maximum atomic E-state index is 12.8. The predicted molar refractivity (Wildman–Crippen MR) is 97.2 cm³/mol. The summed E-state index contributed by atoms with van der Waals surface area (Å²) in [6.45, 7) is 3.06. The van der Waals surface area contributed by atoms with Gasteiger partial charge in [-0.1, -0.05) is 37.3 Å². The Morgan fingerprint density at radius 2 is 1.84 bits per heavy atom. The van der Waals surface area contributed by atoms with Crippen LogP contribution < -0.4 is 10.5 Å². The van der Waals surface area contributed by atoms with Crippen molar-refractivity contribution in [1.82, 2.24) is 4.90 Å². The molecule has 1 heterocycles. The molecule has 2 N–H and O–H groups in total. The lowest BCUT2D eigenvalue weighted by molar-refractivity contribution is -0.141. The van der Waals surface area contributed by atoms with E-state index in [-0.39, 0.29) is 17.7 Å². The first kappa shape index (κ1) is 17.3. The highest BCUT2D eigenvalue weighted by atomic mass is 16.5. The van der Waals surface area contributed by atoms with Gasteiger partial charge in [-0.05, 0) is 42.2 Å². The van der Waals surface area contributed by atoms with Crippen molar-refractivity contribution in [3.8, 4) is 5.75 Å². The third kappa shape index (κ3) is 3.92. The van der Waals surface area contributed by atoms with Crippen LogP contribution in [0.3, 0.4) is 0 Å². The second kappa shape index (κ2) is 7.55. The molecule has 1 aliphatic rings. The second-order valence-corrected chi connectivity index (χ2v) is 6.53. The van der Waals surface area contributed by atoms with E-state index in [0.717, 1.165) is 10.8 Å². The average Bonchev–Trinajstić information content (AvgIpc) is 2.65. The van der Waals surface area contributed by atoms with Crippen molar-refractivity contribution in [3.05, 3.63) is 42.5 Å². The van der Waals surface area contributed by atoms with Crippen molar-refractivity contribution in [1.29, 1.82) is 0 Å². The van der Waals surface area contributed by atoms with Gasteiger partial charge in [0.25, 0.3) is 5.91 Å². The van der Waals surface area contributed by atoms with E-state index >= 15 is 0 Å². The summed E-state index contributed by atoms with van der Waals surface area (Å²) in [5.74, 6) is 0.293. The van der Waals surface area contributed by atoms with Crippen LogP contribution in [0, 0.1) is 5.92 Å². The minimum absolute atomic E-state index is 0.0152. The van der Waals surface area contributed by atoms with Crippen LogP contribution >= 0.6 is 0 Å². The van der Waals surface area contributed by atoms with Gasteiger partial charge in [0.2, 0.25) is 5.91 Å². The topological polar surface area (TPSA) is 72.6 Å². The summed E-state index contributed by atoms with van der Waals surface area (Å²) in [7, 11) is 0. The van der Waals surface area contributed by atoms with Crippen LogP contribution in [0.5, 0.6) is 5.75 Å². The van der Waals surface area contributed by atoms with Crippen molar-refractivity contribution in [2.75, 3.05) is 13.1 Å². The molecule has 0 radical (unpaired) electrons. The molecule has 1 fully saturated rings. The summed E-state index contributed by atoms with van der Waals surface area (Å²) in [5.41, 5.74) is 5.36. The third-order valence-corrected chi connectivity index (χ3v) is 4.85. The number of hydrogen-bond acceptors (Lipinski definition) is 3. The van der Waals surface area contributed by atoms with Gasteiger partial charge in [-0.2, -0.15) is 0 Å². The zero-order valence-corrected chi connectivity index (χ0v) is 14.5. The summed E-state index contributed by atoms with van der Waals surface area (Å²) in [6, 6.07) is 13.9. The van der Waals surface area contributed by atoms with Gasteiger partial charge in [-0.15, -0.1) is 0 Å². The first-order valence-electron chi connectivity index (χ1n) is 8.82. The monoisotopic (exact) mass is 340 g/mol. The van der Waals surface area contributed by atoms with Gasteiger partial charge in [0.05, 0.1) is 0 Å². The third-order valence-electron chi connectivity index (χ3n) is 4.85. The maximum Gasteiger partial charge on any atom is 0.263 e. The predicted octanol–water partition coefficient (Wildman–Crippen LogP) is 2.72. The number of amides is 2. The van der Waals surface area contributed by atoms with Crippen LogP contribution in [0.2, 0.25) is 0 Å². The fraction of sp³-hybridized carbons (Fsp3) is 0.400. The van der Waals surface area contributed by atoms with Crippen molar-refractivity contribution in [2.45, 2.75) is 32.3 Å². The van der Waals surface area contributed by atoms with E-state index in [2.05, 4.69) is 0 Å². The molecular weight excluding hydrogens is 316 g/mol. The molecular formula is C20H24N2O3. The van der Waals surface area contributed by atoms with E-state index in [1.54, 1.807) is 4.90 Å². The minimum atomic E-state index is -0.508. The second-order valence-electron chi connectivity index (χ2n) is 6.53. The number of ether oxygens (including phenoxy) is 1. The van der Waals surface area contributed by atoms with Gasteiger partial charge in [0, 0.05) is 19.0 Å². The SMILES string of the molecule is CC[C@@H](Oc1ccc2ccccc2c1)C(=O)N1CCC(C(N)=O)CC1. The molecule has 1 aliphatic heterocycles. The molecule has 2 aromatic carbocycles. The van der Waals surface area contributed by atoms with Gasteiger partial charge in [-0.25, -0.2) is 0 Å². The molecule has 2 aromatic rings. The number of fused-ring (bicyclic) bond motifs is 1. The molecule has 3 rings (SSSR count). The number of likely N-dealkylation sites (tertiary alicyclic amines) is 1. The molecule has 5 heteroatoms. The maximum absolute atomic E-state index is 12.8. The Morgan fingerprint density at radius 3 is 2.48 bits per heavy atom. The van der Waals surface area contributed by atoms with Crippen molar-refractivity contribution < 1.29 is 14.3 Å². The molecule has 25 heavy (non-hydrogen) atoms. The van der Waals surface area contributed by atoms with E-state index in [1.165, 1.54) is 0 Å². The van der Waals surface area contributed by atoms with E-state index in [9.17, 15) is 9.59 Å². The van der Waals surface area contributed by atoms with Crippen LogP contribution in [0.15, 0.2) is 42.5 Å². The molecule has 0 aliphatic carbocycles. The fourth-order valence-corrected chi connectivity index (χ4v) is 3.30. The van der Waals surface area contributed by atoms with Gasteiger partial charge >= 0.3 is 0 Å². The smallest absolute Gasteiger partial charge is 0.263 e. The average molecular weight is 340 g/mol. The summed E-state index contributed by atoms with van der Waals surface area (Å²) < 4.78 is 5.98. The number of nitrogens with two attached hydrogens (primary N) is 1. The summed E-state index contributed by atoms with van der Waals surface area (Å²) in [6.07, 6.45) is 1.36. The van der Waals surface area contributed by atoms with Crippen molar-refractivity contribution >= 4 is 22.6 Å². The molecule has 2 amide bonds. The lowest BCUT2D eigenvalue weighted by Crippen LogP contribution is -2.47. The highest BCUT2D eigenvalue weighted by molar-refractivity contribution is 5.85. The summed E-state index contributed by atoms with van der Waals surface area (Å²) in [4.78, 5) is 25.8. The Balaban J connectivity index is 1.67. The minimum Gasteiger partial charge on any atom is -0.481 e. The van der Waals surface area contributed by atoms with Crippen molar-refractivity contribution in [3.63, 3.8) is 0 Å². The fourth-order valence-electron chi connectivity index (χ4n) is 3.30. The summed E-state index contributed by atoms with van der Waals surface area (Å²) in [5, 5.41) is 2.23. The van der Waals surface area contributed by atoms with E-state index in [4.69, 9.17) is 10.5 Å². The van der Waals surface area contributed by atoms with Gasteiger partial charge in [0.15, 0.2) is 6.10 Å². The number of primary amides is 1. The number of hydrogen-bond donors (Lipinski definition) is 1. The zero-order valence-electron chi connectivity index (χ0n) is 14.5. The first-order chi connectivity index (χ1) is 12.1. The van der Waals surface area contributed by atoms with E-state index < -0.39 is 6.10 Å². The van der Waals surface area contributed by atoms with E-state index in [1.807, 2.05) is 49.4 Å². The van der Waals surface area contributed by atoms with Gasteiger partial charge < -0.3 is 15.4 Å². The Morgan fingerprint density at radius 1 is 1.16 bits per heavy atom. The van der Waals surface area contributed by atoms with Crippen LogP contribution in [-0.2, 0) is 9.59 Å². The lowest BCUT2D eigenvalue weighted by Gasteiger charge is -2.33. The Labute approximate surface area is 147 Å². The van der Waals surface area contributed by atoms with Crippen LogP contribution in [0.25, 0.3) is 10.8 Å². The summed E-state index contributed by atoms with van der Waals surface area (Å²) >= 11 is 0. The number of nitrogens with zero attached hydrogens (tertiary/aromatic N) is 1. The molecule has 132 valence electrons. The highest BCUT2D eigenvalue weighted by Gasteiger charge is 2.30. The first-order valence-corrected chi connectivity index (χ1v) is 8.82. The molecule has 0 spiro atoms. The molecule has 5 nitrogen and oxygen atoms in total. The number of carbonyl (C=O) groups is 2. The van der Waals surface area contributed by atoms with Crippen LogP contribution in [0.1, 0.15) is 26.2 Å². The number of carbonyl (C=O) groups excluding carboxylic acids is 2. The molecule has 1 saturated heterocycles. The molecule has 0 unspecified atom stereocenters. The largest absolute Gasteiger partial charge is 0.481 e.